The van der Waals surface area contributed by atoms with Gasteiger partial charge in [0.25, 0.3) is 17.4 Å². The molecular weight excluding hydrogens is 411 g/mol. The number of nitro benzene ring substituents is 1. The number of benzene rings is 2. The zero-order valence-electron chi connectivity index (χ0n) is 16.2. The number of amides is 1. The third kappa shape index (κ3) is 4.60. The molecule has 1 unspecified atom stereocenters. The summed E-state index contributed by atoms with van der Waals surface area (Å²) < 4.78 is 18.6. The van der Waals surface area contributed by atoms with Crippen molar-refractivity contribution in [1.29, 1.82) is 0 Å². The minimum Gasteiger partial charge on any atom is -0.507 e. The number of carbonyl (C=O) groups is 2. The van der Waals surface area contributed by atoms with Crippen molar-refractivity contribution in [3.63, 3.8) is 0 Å². The van der Waals surface area contributed by atoms with Gasteiger partial charge in [0.05, 0.1) is 36.4 Å². The van der Waals surface area contributed by atoms with Crippen molar-refractivity contribution in [3.05, 3.63) is 81.2 Å². The fourth-order valence-corrected chi connectivity index (χ4v) is 3.35. The van der Waals surface area contributed by atoms with Gasteiger partial charge < -0.3 is 19.8 Å². The highest BCUT2D eigenvalue weighted by molar-refractivity contribution is 6.46. The molecule has 9 nitrogen and oxygen atoms in total. The van der Waals surface area contributed by atoms with Gasteiger partial charge in [0.15, 0.2) is 0 Å². The monoisotopic (exact) mass is 430 g/mol. The van der Waals surface area contributed by atoms with Gasteiger partial charge in [0.2, 0.25) is 0 Å². The number of ether oxygens (including phenoxy) is 1. The van der Waals surface area contributed by atoms with Crippen molar-refractivity contribution < 1.29 is 33.9 Å². The van der Waals surface area contributed by atoms with Crippen LogP contribution in [0.25, 0.3) is 5.76 Å². The average molecular weight is 430 g/mol. The number of ketones is 1. The summed E-state index contributed by atoms with van der Waals surface area (Å²) in [4.78, 5) is 37.1. The molecule has 1 aliphatic heterocycles. The van der Waals surface area contributed by atoms with E-state index in [4.69, 9.17) is 9.84 Å². The predicted molar refractivity (Wildman–Crippen MR) is 106 cm³/mol. The summed E-state index contributed by atoms with van der Waals surface area (Å²) >= 11 is 0. The molecule has 10 heteroatoms. The van der Waals surface area contributed by atoms with Crippen LogP contribution in [0.15, 0.2) is 54.1 Å². The topological polar surface area (TPSA) is 130 Å². The molecule has 2 aromatic carbocycles. The molecule has 31 heavy (non-hydrogen) atoms. The van der Waals surface area contributed by atoms with Crippen molar-refractivity contribution in [2.24, 2.45) is 0 Å². The lowest BCUT2D eigenvalue weighted by Crippen LogP contribution is -2.33. The summed E-state index contributed by atoms with van der Waals surface area (Å²) in [7, 11) is 0. The molecule has 0 radical (unpaired) electrons. The molecule has 2 N–H and O–H groups in total. The summed E-state index contributed by atoms with van der Waals surface area (Å²) in [6, 6.07) is 9.08. The smallest absolute Gasteiger partial charge is 0.295 e. The Kier molecular flexibility index (Phi) is 6.73. The van der Waals surface area contributed by atoms with E-state index in [-0.39, 0.29) is 43.2 Å². The minimum absolute atomic E-state index is 0.00385. The van der Waals surface area contributed by atoms with Crippen molar-refractivity contribution in [2.75, 3.05) is 26.4 Å². The molecular formula is C21H19FN2O7. The Morgan fingerprint density at radius 3 is 2.52 bits per heavy atom. The Morgan fingerprint density at radius 1 is 1.16 bits per heavy atom. The number of nitrogens with zero attached hydrogens (tertiary/aromatic N) is 2. The van der Waals surface area contributed by atoms with E-state index in [9.17, 15) is 29.2 Å². The molecule has 1 fully saturated rings. The Balaban J connectivity index is 2.09. The molecule has 0 spiro atoms. The highest BCUT2D eigenvalue weighted by Crippen LogP contribution is 2.39. The molecule has 0 aromatic heterocycles. The van der Waals surface area contributed by atoms with E-state index >= 15 is 0 Å². The maximum Gasteiger partial charge on any atom is 0.295 e. The van der Waals surface area contributed by atoms with Crippen LogP contribution in [-0.2, 0) is 14.3 Å². The number of aliphatic hydroxyl groups is 2. The van der Waals surface area contributed by atoms with Crippen molar-refractivity contribution >= 4 is 23.1 Å². The van der Waals surface area contributed by atoms with Gasteiger partial charge in [-0.05, 0) is 17.7 Å². The maximum atomic E-state index is 13.4. The molecule has 1 aliphatic rings. The molecule has 1 amide bonds. The SMILES string of the molecule is O=C1C(=O)N(CCOCCO)C(c2ccc(F)cc2)C1=C(O)c1cccc([N+](=O)[O-])c1. The molecule has 1 saturated heterocycles. The first-order valence-corrected chi connectivity index (χ1v) is 9.32. The van der Waals surface area contributed by atoms with Crippen LogP contribution in [-0.4, -0.2) is 58.1 Å². The zero-order chi connectivity index (χ0) is 22.5. The first-order valence-electron chi connectivity index (χ1n) is 9.32. The molecule has 162 valence electrons. The lowest BCUT2D eigenvalue weighted by Gasteiger charge is -2.25. The number of Topliss-reactive ketones (excluding diaryl/α,β-unsaturated/α-hetero) is 1. The minimum atomic E-state index is -1.04. The average Bonchev–Trinajstić information content (AvgIpc) is 3.01. The Bertz CT molecular complexity index is 1040. The van der Waals surface area contributed by atoms with Crippen molar-refractivity contribution in [2.45, 2.75) is 6.04 Å². The van der Waals surface area contributed by atoms with E-state index in [2.05, 4.69) is 0 Å². The fraction of sp³-hybridized carbons (Fsp3) is 0.238. The van der Waals surface area contributed by atoms with Crippen LogP contribution >= 0.6 is 0 Å². The Labute approximate surface area is 176 Å². The second-order valence-electron chi connectivity index (χ2n) is 6.69. The van der Waals surface area contributed by atoms with E-state index in [0.29, 0.717) is 5.56 Å². The van der Waals surface area contributed by atoms with Crippen LogP contribution < -0.4 is 0 Å². The van der Waals surface area contributed by atoms with Crippen molar-refractivity contribution in [1.82, 2.24) is 4.90 Å². The summed E-state index contributed by atoms with van der Waals surface area (Å²) in [5.41, 5.74) is -0.196. The van der Waals surface area contributed by atoms with Gasteiger partial charge in [-0.3, -0.25) is 19.7 Å². The molecule has 3 rings (SSSR count). The first-order chi connectivity index (χ1) is 14.8. The summed E-state index contributed by atoms with van der Waals surface area (Å²) in [6.45, 7) is -0.188. The Hall–Kier alpha value is -3.63. The van der Waals surface area contributed by atoms with Gasteiger partial charge in [-0.15, -0.1) is 0 Å². The van der Waals surface area contributed by atoms with E-state index in [1.54, 1.807) is 0 Å². The lowest BCUT2D eigenvalue weighted by atomic mass is 9.95. The van der Waals surface area contributed by atoms with Crippen LogP contribution in [0.1, 0.15) is 17.2 Å². The van der Waals surface area contributed by atoms with Gasteiger partial charge >= 0.3 is 0 Å². The van der Waals surface area contributed by atoms with Crippen LogP contribution in [0, 0.1) is 15.9 Å². The standard InChI is InChI=1S/C21H19FN2O7/c22-15-6-4-13(5-7-15)18-17(19(26)14-2-1-3-16(12-14)24(29)30)20(27)21(28)23(18)8-10-31-11-9-25/h1-7,12,18,25-26H,8-11H2. The molecule has 1 heterocycles. The van der Waals surface area contributed by atoms with Gasteiger partial charge in [-0.2, -0.15) is 0 Å². The highest BCUT2D eigenvalue weighted by atomic mass is 19.1. The fourth-order valence-electron chi connectivity index (χ4n) is 3.35. The van der Waals surface area contributed by atoms with Gasteiger partial charge in [-0.25, -0.2) is 4.39 Å². The van der Waals surface area contributed by atoms with E-state index in [1.807, 2.05) is 0 Å². The predicted octanol–water partition coefficient (Wildman–Crippen LogP) is 2.16. The number of aliphatic hydroxyl groups excluding tert-OH is 2. The molecule has 0 bridgehead atoms. The number of hydrogen-bond acceptors (Lipinski definition) is 7. The summed E-state index contributed by atoms with van der Waals surface area (Å²) in [6.07, 6.45) is 0. The number of rotatable bonds is 8. The van der Waals surface area contributed by atoms with E-state index < -0.39 is 34.2 Å². The Morgan fingerprint density at radius 2 is 1.87 bits per heavy atom. The summed E-state index contributed by atoms with van der Waals surface area (Å²) in [5.74, 6) is -2.96. The van der Waals surface area contributed by atoms with Gasteiger partial charge in [-0.1, -0.05) is 24.3 Å². The van der Waals surface area contributed by atoms with Crippen LogP contribution in [0.3, 0.4) is 0 Å². The zero-order valence-corrected chi connectivity index (χ0v) is 16.2. The normalized spacial score (nSPS) is 17.9. The number of non-ortho nitro benzene ring substituents is 1. The number of nitro groups is 1. The molecule has 0 saturated carbocycles. The molecule has 1 atom stereocenters. The van der Waals surface area contributed by atoms with Crippen LogP contribution in [0.5, 0.6) is 0 Å². The van der Waals surface area contributed by atoms with Gasteiger partial charge in [0.1, 0.15) is 11.6 Å². The largest absolute Gasteiger partial charge is 0.507 e. The summed E-state index contributed by atoms with van der Waals surface area (Å²) in [5, 5.41) is 30.7. The van der Waals surface area contributed by atoms with E-state index in [1.165, 1.54) is 35.2 Å². The maximum absolute atomic E-state index is 13.4. The van der Waals surface area contributed by atoms with Crippen molar-refractivity contribution in [3.8, 4) is 0 Å². The first kappa shape index (κ1) is 22.1. The molecule has 2 aromatic rings. The van der Waals surface area contributed by atoms with Crippen LogP contribution in [0.2, 0.25) is 0 Å². The second-order valence-corrected chi connectivity index (χ2v) is 6.69. The number of halogens is 1. The number of hydrogen-bond donors (Lipinski definition) is 2. The lowest BCUT2D eigenvalue weighted by molar-refractivity contribution is -0.384. The quantitative estimate of drug-likeness (QED) is 0.164. The van der Waals surface area contributed by atoms with E-state index in [0.717, 1.165) is 18.2 Å². The second kappa shape index (κ2) is 9.45. The number of carbonyl (C=O) groups excluding carboxylic acids is 2. The number of likely N-dealkylation sites (tertiary alicyclic amines) is 1. The van der Waals surface area contributed by atoms with Gasteiger partial charge in [0, 0.05) is 24.2 Å². The highest BCUT2D eigenvalue weighted by Gasteiger charge is 2.46. The van der Waals surface area contributed by atoms with Crippen LogP contribution in [0.4, 0.5) is 10.1 Å². The molecule has 0 aliphatic carbocycles. The third-order valence-corrected chi connectivity index (χ3v) is 4.77. The third-order valence-electron chi connectivity index (χ3n) is 4.77.